The van der Waals surface area contributed by atoms with Crippen molar-refractivity contribution in [1.82, 2.24) is 0 Å². The van der Waals surface area contributed by atoms with E-state index in [0.29, 0.717) is 0 Å². The van der Waals surface area contributed by atoms with Crippen molar-refractivity contribution in [3.05, 3.63) is 28.2 Å². The van der Waals surface area contributed by atoms with E-state index in [9.17, 15) is 0 Å². The molecule has 1 atom stereocenters. The molecule has 0 amide bonds. The summed E-state index contributed by atoms with van der Waals surface area (Å²) in [6, 6.07) is 6.08. The molecule has 1 aromatic carbocycles. The van der Waals surface area contributed by atoms with Crippen LogP contribution in [-0.2, 0) is 6.42 Å². The maximum atomic E-state index is 6.39. The van der Waals surface area contributed by atoms with Gasteiger partial charge in [-0.15, -0.1) is 11.6 Å². The van der Waals surface area contributed by atoms with Crippen molar-refractivity contribution in [1.29, 1.82) is 0 Å². The highest BCUT2D eigenvalue weighted by molar-refractivity contribution is 9.10. The lowest BCUT2D eigenvalue weighted by molar-refractivity contribution is 0.370. The highest BCUT2D eigenvalue weighted by Gasteiger charge is 2.22. The SMILES string of the molecule is COc1ccc(Br)cc1CCC(Cl)C(C)(C)C. The molecule has 1 rings (SSSR count). The summed E-state index contributed by atoms with van der Waals surface area (Å²) in [6.45, 7) is 6.51. The van der Waals surface area contributed by atoms with E-state index in [-0.39, 0.29) is 10.8 Å². The van der Waals surface area contributed by atoms with Crippen LogP contribution >= 0.6 is 27.5 Å². The third-order valence-electron chi connectivity index (χ3n) is 2.85. The van der Waals surface area contributed by atoms with Crippen molar-refractivity contribution < 1.29 is 4.74 Å². The molecule has 1 unspecified atom stereocenters. The molecule has 0 N–H and O–H groups in total. The first-order valence-corrected chi connectivity index (χ1v) is 7.04. The van der Waals surface area contributed by atoms with E-state index in [0.717, 1.165) is 23.1 Å². The van der Waals surface area contributed by atoms with Gasteiger partial charge in [0.2, 0.25) is 0 Å². The standard InChI is InChI=1S/C14H20BrClO/c1-14(2,3)13(16)8-5-10-9-11(15)6-7-12(10)17-4/h6-7,9,13H,5,8H2,1-4H3. The van der Waals surface area contributed by atoms with E-state index in [1.54, 1.807) is 7.11 Å². The van der Waals surface area contributed by atoms with Gasteiger partial charge in [0.15, 0.2) is 0 Å². The summed E-state index contributed by atoms with van der Waals surface area (Å²) in [5.41, 5.74) is 1.35. The minimum Gasteiger partial charge on any atom is -0.496 e. The highest BCUT2D eigenvalue weighted by Crippen LogP contribution is 2.30. The van der Waals surface area contributed by atoms with Gasteiger partial charge in [0, 0.05) is 9.85 Å². The van der Waals surface area contributed by atoms with Crippen LogP contribution in [0.3, 0.4) is 0 Å². The molecule has 0 bridgehead atoms. The first-order valence-electron chi connectivity index (χ1n) is 5.81. The lowest BCUT2D eigenvalue weighted by Gasteiger charge is -2.25. The summed E-state index contributed by atoms with van der Waals surface area (Å²) >= 11 is 9.87. The highest BCUT2D eigenvalue weighted by atomic mass is 79.9. The summed E-state index contributed by atoms with van der Waals surface area (Å²) in [5.74, 6) is 0.936. The molecule has 0 heterocycles. The van der Waals surface area contributed by atoms with Gasteiger partial charge in [0.25, 0.3) is 0 Å². The second-order valence-electron chi connectivity index (χ2n) is 5.33. The average molecular weight is 320 g/mol. The normalized spacial score (nSPS) is 13.5. The number of benzene rings is 1. The molecule has 1 nitrogen and oxygen atoms in total. The Bertz CT molecular complexity index is 371. The first kappa shape index (κ1) is 14.8. The predicted octanol–water partition coefficient (Wildman–Crippen LogP) is 5.04. The predicted molar refractivity (Wildman–Crippen MR) is 78.1 cm³/mol. The quantitative estimate of drug-likeness (QED) is 0.706. The van der Waals surface area contributed by atoms with Crippen LogP contribution in [0.25, 0.3) is 0 Å². The van der Waals surface area contributed by atoms with Crippen LogP contribution in [0, 0.1) is 5.41 Å². The second kappa shape index (κ2) is 6.10. The van der Waals surface area contributed by atoms with Gasteiger partial charge in [-0.3, -0.25) is 0 Å². The third kappa shape index (κ3) is 4.51. The van der Waals surface area contributed by atoms with Gasteiger partial charge in [-0.05, 0) is 42.0 Å². The molecule has 0 saturated carbocycles. The van der Waals surface area contributed by atoms with Crippen LogP contribution in [0.15, 0.2) is 22.7 Å². The molecular formula is C14H20BrClO. The summed E-state index contributed by atoms with van der Waals surface area (Å²) in [6.07, 6.45) is 1.89. The number of alkyl halides is 1. The van der Waals surface area contributed by atoms with Crippen LogP contribution in [0.4, 0.5) is 0 Å². The average Bonchev–Trinajstić information content (AvgIpc) is 2.24. The van der Waals surface area contributed by atoms with Crippen molar-refractivity contribution >= 4 is 27.5 Å². The molecule has 0 fully saturated rings. The molecular weight excluding hydrogens is 300 g/mol. The zero-order valence-electron chi connectivity index (χ0n) is 10.9. The van der Waals surface area contributed by atoms with Gasteiger partial charge in [-0.25, -0.2) is 0 Å². The van der Waals surface area contributed by atoms with Crippen LogP contribution in [0.2, 0.25) is 0 Å². The minimum atomic E-state index is 0.140. The van der Waals surface area contributed by atoms with Crippen LogP contribution in [0.5, 0.6) is 5.75 Å². The number of hydrogen-bond acceptors (Lipinski definition) is 1. The van der Waals surface area contributed by atoms with Gasteiger partial charge >= 0.3 is 0 Å². The Kier molecular flexibility index (Phi) is 5.33. The number of aryl methyl sites for hydroxylation is 1. The summed E-state index contributed by atoms with van der Waals surface area (Å²) < 4.78 is 6.43. The van der Waals surface area contributed by atoms with E-state index in [1.807, 2.05) is 12.1 Å². The van der Waals surface area contributed by atoms with E-state index in [4.69, 9.17) is 16.3 Å². The number of methoxy groups -OCH3 is 1. The number of ether oxygens (including phenoxy) is 1. The molecule has 17 heavy (non-hydrogen) atoms. The second-order valence-corrected chi connectivity index (χ2v) is 6.77. The molecule has 96 valence electrons. The van der Waals surface area contributed by atoms with Crippen molar-refractivity contribution in [3.8, 4) is 5.75 Å². The zero-order valence-corrected chi connectivity index (χ0v) is 13.2. The Morgan fingerprint density at radius 3 is 2.53 bits per heavy atom. The van der Waals surface area contributed by atoms with E-state index in [1.165, 1.54) is 5.56 Å². The van der Waals surface area contributed by atoms with Gasteiger partial charge in [0.1, 0.15) is 5.75 Å². The molecule has 0 radical (unpaired) electrons. The zero-order chi connectivity index (χ0) is 13.1. The van der Waals surface area contributed by atoms with Crippen molar-refractivity contribution in [3.63, 3.8) is 0 Å². The Morgan fingerprint density at radius 1 is 1.35 bits per heavy atom. The summed E-state index contributed by atoms with van der Waals surface area (Å²) in [7, 11) is 1.70. The molecule has 0 aliphatic rings. The van der Waals surface area contributed by atoms with E-state index in [2.05, 4.69) is 42.8 Å². The number of rotatable bonds is 4. The van der Waals surface area contributed by atoms with Crippen molar-refractivity contribution in [2.45, 2.75) is 39.0 Å². The molecule has 0 spiro atoms. The number of hydrogen-bond donors (Lipinski definition) is 0. The van der Waals surface area contributed by atoms with E-state index >= 15 is 0 Å². The fraction of sp³-hybridized carbons (Fsp3) is 0.571. The molecule has 0 aliphatic carbocycles. The maximum Gasteiger partial charge on any atom is 0.122 e. The Labute approximate surface area is 118 Å². The lowest BCUT2D eigenvalue weighted by Crippen LogP contribution is -2.21. The largest absolute Gasteiger partial charge is 0.496 e. The van der Waals surface area contributed by atoms with Crippen molar-refractivity contribution in [2.75, 3.05) is 7.11 Å². The minimum absolute atomic E-state index is 0.140. The fourth-order valence-electron chi connectivity index (χ4n) is 1.66. The number of halogens is 2. The fourth-order valence-corrected chi connectivity index (χ4v) is 2.18. The van der Waals surface area contributed by atoms with Crippen molar-refractivity contribution in [2.24, 2.45) is 5.41 Å². The third-order valence-corrected chi connectivity index (χ3v) is 4.22. The topological polar surface area (TPSA) is 9.23 Å². The van der Waals surface area contributed by atoms with Gasteiger partial charge in [0.05, 0.1) is 7.11 Å². The maximum absolute atomic E-state index is 6.39. The van der Waals surface area contributed by atoms with Crippen LogP contribution < -0.4 is 4.74 Å². The monoisotopic (exact) mass is 318 g/mol. The molecule has 3 heteroatoms. The molecule has 0 aliphatic heterocycles. The summed E-state index contributed by atoms with van der Waals surface area (Å²) in [5, 5.41) is 0.172. The lowest BCUT2D eigenvalue weighted by atomic mass is 9.88. The molecule has 1 aromatic rings. The van der Waals surface area contributed by atoms with Gasteiger partial charge in [-0.1, -0.05) is 36.7 Å². The van der Waals surface area contributed by atoms with Gasteiger partial charge < -0.3 is 4.74 Å². The van der Waals surface area contributed by atoms with Crippen LogP contribution in [0.1, 0.15) is 32.8 Å². The smallest absolute Gasteiger partial charge is 0.122 e. The van der Waals surface area contributed by atoms with Gasteiger partial charge in [-0.2, -0.15) is 0 Å². The molecule has 0 saturated heterocycles. The molecule has 0 aromatic heterocycles. The Balaban J connectivity index is 2.72. The summed E-state index contributed by atoms with van der Waals surface area (Å²) in [4.78, 5) is 0. The van der Waals surface area contributed by atoms with E-state index < -0.39 is 0 Å². The van der Waals surface area contributed by atoms with Crippen LogP contribution in [-0.4, -0.2) is 12.5 Å². The Morgan fingerprint density at radius 2 is 2.00 bits per heavy atom. The first-order chi connectivity index (χ1) is 7.84. The Hall–Kier alpha value is -0.210.